The number of halogens is 8. The van der Waals surface area contributed by atoms with Crippen LogP contribution in [0.1, 0.15) is 17.0 Å². The predicted octanol–water partition coefficient (Wildman–Crippen LogP) is 7.07. The summed E-state index contributed by atoms with van der Waals surface area (Å²) >= 11 is 0. The molecule has 0 aliphatic carbocycles. The molecule has 3 aromatic carbocycles. The van der Waals surface area contributed by atoms with E-state index < -0.39 is 35.1 Å². The van der Waals surface area contributed by atoms with E-state index in [-0.39, 0.29) is 40.4 Å². The Morgan fingerprint density at radius 3 is 1.92 bits per heavy atom. The topological polar surface area (TPSA) is 159 Å². The number of rotatable bonds is 4. The lowest BCUT2D eigenvalue weighted by atomic mass is 10.1. The molecule has 3 heterocycles. The van der Waals surface area contributed by atoms with Gasteiger partial charge in [0.15, 0.2) is 5.82 Å². The van der Waals surface area contributed by atoms with E-state index in [0.29, 0.717) is 22.6 Å². The van der Waals surface area contributed by atoms with Gasteiger partial charge in [0.1, 0.15) is 34.6 Å². The van der Waals surface area contributed by atoms with Crippen LogP contribution in [-0.2, 0) is 12.4 Å². The van der Waals surface area contributed by atoms with Crippen LogP contribution in [0.5, 0.6) is 0 Å². The van der Waals surface area contributed by atoms with E-state index >= 15 is 0 Å². The Balaban J connectivity index is 0.000000214. The third-order valence-corrected chi connectivity index (χ3v) is 6.64. The Labute approximate surface area is 265 Å². The maximum atomic E-state index is 14.1. The molecule has 18 heteroatoms. The van der Waals surface area contributed by atoms with Gasteiger partial charge < -0.3 is 22.5 Å². The number of aromatic nitrogens is 6. The summed E-state index contributed by atoms with van der Waals surface area (Å²) in [5.41, 5.74) is 16.6. The molecule has 0 aliphatic rings. The quantitative estimate of drug-likeness (QED) is 0.143. The van der Waals surface area contributed by atoms with Gasteiger partial charge in [-0.2, -0.15) is 41.3 Å². The fourth-order valence-corrected chi connectivity index (χ4v) is 4.47. The van der Waals surface area contributed by atoms with Gasteiger partial charge in [-0.3, -0.25) is 4.57 Å². The molecule has 248 valence electrons. The minimum atomic E-state index is -4.45. The number of nitrogen functional groups attached to an aromatic ring is 3. The van der Waals surface area contributed by atoms with Crippen LogP contribution < -0.4 is 22.5 Å². The number of aryl methyl sites for hydroxylation is 1. The Morgan fingerprint density at radius 2 is 1.33 bits per heavy atom. The summed E-state index contributed by atoms with van der Waals surface area (Å²) in [6.07, 6.45) is -7.44. The fourth-order valence-electron chi connectivity index (χ4n) is 4.47. The number of nitrogens with zero attached hydrogens (tertiary/aromatic N) is 6. The Hall–Kier alpha value is -6.07. The number of hydrogen-bond donors (Lipinski definition) is 4. The molecule has 0 fully saturated rings. The van der Waals surface area contributed by atoms with E-state index in [1.54, 1.807) is 6.92 Å². The normalized spacial score (nSPS) is 11.7. The first-order valence-corrected chi connectivity index (χ1v) is 13.5. The molecule has 0 bridgehead atoms. The van der Waals surface area contributed by atoms with E-state index in [1.165, 1.54) is 41.1 Å². The number of benzene rings is 3. The van der Waals surface area contributed by atoms with Crippen molar-refractivity contribution in [3.05, 3.63) is 102 Å². The molecule has 0 saturated carbocycles. The maximum Gasteiger partial charge on any atom is 0.416 e. The van der Waals surface area contributed by atoms with Gasteiger partial charge in [0.2, 0.25) is 11.9 Å². The molecule has 0 amide bonds. The smallest absolute Gasteiger partial charge is 0.383 e. The molecule has 3 aromatic heterocycles. The molecule has 48 heavy (non-hydrogen) atoms. The summed E-state index contributed by atoms with van der Waals surface area (Å²) in [4.78, 5) is 19.9. The zero-order chi connectivity index (χ0) is 35.0. The van der Waals surface area contributed by atoms with Gasteiger partial charge >= 0.3 is 12.4 Å². The van der Waals surface area contributed by atoms with Crippen LogP contribution in [0.2, 0.25) is 0 Å². The van der Waals surface area contributed by atoms with E-state index in [2.05, 4.69) is 30.2 Å². The number of imidazole rings is 1. The SMILES string of the molecule is Cc1nc2c(F)cc(F)cc2n1-c1cc(N)nc(Nc2ccc(C(F)(F)F)cc2)n1.Nc1ncc(-c2ccc(C(F)(F)F)cc2)c(N)n1. The van der Waals surface area contributed by atoms with Crippen molar-refractivity contribution < 1.29 is 35.1 Å². The van der Waals surface area contributed by atoms with Crippen molar-refractivity contribution >= 4 is 40.3 Å². The molecule has 0 unspecified atom stereocenters. The number of nitrogens with one attached hydrogen (secondary N) is 1. The number of hydrogen-bond acceptors (Lipinski definition) is 9. The van der Waals surface area contributed by atoms with E-state index in [1.807, 2.05) is 0 Å². The second-order valence-electron chi connectivity index (χ2n) is 10.0. The molecule has 6 aromatic rings. The van der Waals surface area contributed by atoms with Crippen molar-refractivity contribution in [3.8, 4) is 16.9 Å². The van der Waals surface area contributed by atoms with Crippen LogP contribution in [-0.4, -0.2) is 29.5 Å². The van der Waals surface area contributed by atoms with E-state index in [0.717, 1.165) is 36.4 Å². The summed E-state index contributed by atoms with van der Waals surface area (Å²) < 4.78 is 104. The zero-order valence-corrected chi connectivity index (χ0v) is 24.4. The van der Waals surface area contributed by atoms with Crippen molar-refractivity contribution in [2.24, 2.45) is 0 Å². The van der Waals surface area contributed by atoms with E-state index in [4.69, 9.17) is 17.2 Å². The Bertz CT molecular complexity index is 2090. The van der Waals surface area contributed by atoms with Crippen LogP contribution in [0.15, 0.2) is 72.9 Å². The van der Waals surface area contributed by atoms with Crippen molar-refractivity contribution in [2.75, 3.05) is 22.5 Å². The first-order valence-electron chi connectivity index (χ1n) is 13.5. The lowest BCUT2D eigenvalue weighted by Crippen LogP contribution is -2.07. The fraction of sp³-hybridized carbons (Fsp3) is 0.100. The van der Waals surface area contributed by atoms with Crippen molar-refractivity contribution in [1.82, 2.24) is 29.5 Å². The first kappa shape index (κ1) is 33.3. The molecule has 0 atom stereocenters. The molecular weight excluding hydrogens is 652 g/mol. The highest BCUT2D eigenvalue weighted by Gasteiger charge is 2.31. The average Bonchev–Trinajstić information content (AvgIpc) is 3.32. The van der Waals surface area contributed by atoms with Crippen LogP contribution in [0.3, 0.4) is 0 Å². The second kappa shape index (κ2) is 12.6. The third kappa shape index (κ3) is 7.32. The van der Waals surface area contributed by atoms with Gasteiger partial charge in [0.25, 0.3) is 0 Å². The zero-order valence-electron chi connectivity index (χ0n) is 24.4. The van der Waals surface area contributed by atoms with Crippen LogP contribution in [0, 0.1) is 18.6 Å². The minimum absolute atomic E-state index is 0.0112. The summed E-state index contributed by atoms with van der Waals surface area (Å²) in [6, 6.07) is 12.1. The second-order valence-corrected chi connectivity index (χ2v) is 10.0. The number of anilines is 5. The Kier molecular flexibility index (Phi) is 8.75. The molecule has 7 N–H and O–H groups in total. The minimum Gasteiger partial charge on any atom is -0.383 e. The average molecular weight is 675 g/mol. The largest absolute Gasteiger partial charge is 0.416 e. The molecule has 6 rings (SSSR count). The van der Waals surface area contributed by atoms with Crippen LogP contribution in [0.25, 0.3) is 28.0 Å². The maximum absolute atomic E-state index is 14.1. The van der Waals surface area contributed by atoms with Gasteiger partial charge in [-0.1, -0.05) is 12.1 Å². The lowest BCUT2D eigenvalue weighted by molar-refractivity contribution is -0.138. The number of nitrogens with two attached hydrogens (primary N) is 3. The van der Waals surface area contributed by atoms with Gasteiger partial charge in [0.05, 0.1) is 16.6 Å². The summed E-state index contributed by atoms with van der Waals surface area (Å²) in [5.74, 6) is -0.931. The highest BCUT2D eigenvalue weighted by molar-refractivity contribution is 5.79. The molecule has 0 aliphatic heterocycles. The lowest BCUT2D eigenvalue weighted by Gasteiger charge is -2.11. The van der Waals surface area contributed by atoms with Gasteiger partial charge in [-0.25, -0.2) is 18.7 Å². The van der Waals surface area contributed by atoms with Crippen LogP contribution in [0.4, 0.5) is 64.3 Å². The predicted molar refractivity (Wildman–Crippen MR) is 162 cm³/mol. The standard InChI is InChI=1S/C19H13F5N6.C11H9F3N4/c1-9-26-17-13(21)6-11(20)7-14(17)30(9)16-8-15(25)28-18(29-16)27-12-4-2-10(3-5-12)19(22,23)24;12-11(13,14)7-3-1-6(2-4-7)8-5-17-10(16)18-9(8)15/h2-8H,1H3,(H3,25,27,28,29);1-5H,(H4,15,16,17,18). The molecule has 0 saturated heterocycles. The van der Waals surface area contributed by atoms with Gasteiger partial charge in [-0.15, -0.1) is 0 Å². The van der Waals surface area contributed by atoms with Crippen molar-refractivity contribution in [2.45, 2.75) is 19.3 Å². The highest BCUT2D eigenvalue weighted by Crippen LogP contribution is 2.33. The number of fused-ring (bicyclic) bond motifs is 1. The molecular formula is C30H22F8N10. The van der Waals surface area contributed by atoms with Gasteiger partial charge in [-0.05, 0) is 48.9 Å². The van der Waals surface area contributed by atoms with Gasteiger partial charge in [0, 0.05) is 35.6 Å². The summed E-state index contributed by atoms with van der Waals surface area (Å²) in [6.45, 7) is 1.58. The molecule has 0 radical (unpaired) electrons. The van der Waals surface area contributed by atoms with E-state index in [9.17, 15) is 35.1 Å². The number of alkyl halides is 6. The van der Waals surface area contributed by atoms with Crippen molar-refractivity contribution in [1.29, 1.82) is 0 Å². The monoisotopic (exact) mass is 674 g/mol. The Morgan fingerprint density at radius 1 is 0.729 bits per heavy atom. The molecule has 0 spiro atoms. The summed E-state index contributed by atoms with van der Waals surface area (Å²) in [7, 11) is 0. The first-order chi connectivity index (χ1) is 22.5. The van der Waals surface area contributed by atoms with Crippen molar-refractivity contribution in [3.63, 3.8) is 0 Å². The molecule has 10 nitrogen and oxygen atoms in total. The van der Waals surface area contributed by atoms with Crippen LogP contribution >= 0.6 is 0 Å². The third-order valence-electron chi connectivity index (χ3n) is 6.64. The summed E-state index contributed by atoms with van der Waals surface area (Å²) in [5, 5.41) is 2.76. The highest BCUT2D eigenvalue weighted by atomic mass is 19.4.